The average Bonchev–Trinajstić information content (AvgIpc) is 3.54. The van der Waals surface area contributed by atoms with Gasteiger partial charge in [-0.15, -0.1) is 13.2 Å². The zero-order valence-corrected chi connectivity index (χ0v) is 18.6. The summed E-state index contributed by atoms with van der Waals surface area (Å²) in [4.78, 5) is 32.5. The molecule has 2 fully saturated rings. The molecule has 30 heavy (non-hydrogen) atoms. The van der Waals surface area contributed by atoms with Crippen LogP contribution in [0.15, 0.2) is 48.6 Å². The summed E-state index contributed by atoms with van der Waals surface area (Å²) in [7, 11) is 0. The Bertz CT molecular complexity index is 597. The summed E-state index contributed by atoms with van der Waals surface area (Å²) < 4.78 is 10.8. The fourth-order valence-corrected chi connectivity index (χ4v) is 2.93. The lowest BCUT2D eigenvalue weighted by atomic mass is 9.89. The Hall–Kier alpha value is -2.40. The van der Waals surface area contributed by atoms with E-state index in [-0.39, 0.29) is 23.5 Å². The Morgan fingerprint density at radius 2 is 1.27 bits per heavy atom. The van der Waals surface area contributed by atoms with Gasteiger partial charge in [-0.05, 0) is 34.1 Å². The van der Waals surface area contributed by atoms with Crippen molar-refractivity contribution in [2.45, 2.75) is 64.8 Å². The van der Waals surface area contributed by atoms with E-state index in [1.54, 1.807) is 6.08 Å². The maximum atomic E-state index is 9.64. The van der Waals surface area contributed by atoms with Gasteiger partial charge in [-0.25, -0.2) is 0 Å². The van der Waals surface area contributed by atoms with E-state index in [2.05, 4.69) is 39.2 Å². The fourth-order valence-electron chi connectivity index (χ4n) is 2.93. The van der Waals surface area contributed by atoms with Crippen molar-refractivity contribution in [3.63, 3.8) is 0 Å². The van der Waals surface area contributed by atoms with Gasteiger partial charge in [0.2, 0.25) is 0 Å². The molecule has 0 bridgehead atoms. The number of allylic oxidation sites excluding steroid dienone is 2. The van der Waals surface area contributed by atoms with Crippen molar-refractivity contribution in [3.05, 3.63) is 48.6 Å². The van der Waals surface area contributed by atoms with Crippen LogP contribution < -0.4 is 0 Å². The third-order valence-electron chi connectivity index (χ3n) is 4.46. The summed E-state index contributed by atoms with van der Waals surface area (Å²) in [5, 5.41) is 9.64. The highest BCUT2D eigenvalue weighted by molar-refractivity contribution is 5.20. The molecule has 0 unspecified atom stereocenters. The first-order valence-corrected chi connectivity index (χ1v) is 9.53. The highest BCUT2D eigenvalue weighted by atomic mass is 16.6. The average molecular weight is 423 g/mol. The van der Waals surface area contributed by atoms with Crippen LogP contribution in [0.1, 0.15) is 47.5 Å². The first-order valence-electron chi connectivity index (χ1n) is 9.53. The minimum Gasteiger partial charge on any atom is -0.386 e. The third kappa shape index (κ3) is 12.2. The van der Waals surface area contributed by atoms with Gasteiger partial charge in [0.05, 0.1) is 13.2 Å². The van der Waals surface area contributed by atoms with Gasteiger partial charge < -0.3 is 14.6 Å². The number of ether oxygens (including phenoxy) is 2. The number of epoxide rings is 2. The van der Waals surface area contributed by atoms with E-state index in [0.29, 0.717) is 12.5 Å². The summed E-state index contributed by atoms with van der Waals surface area (Å²) >= 11 is 0. The molecule has 2 heterocycles. The number of hydrogen-bond acceptors (Lipinski definition) is 7. The highest BCUT2D eigenvalue weighted by Gasteiger charge is 2.50. The highest BCUT2D eigenvalue weighted by Crippen LogP contribution is 2.41. The Morgan fingerprint density at radius 1 is 0.933 bits per heavy atom. The smallest absolute Gasteiger partial charge is 0.373 e. The lowest BCUT2D eigenvalue weighted by Crippen LogP contribution is -2.28. The summed E-state index contributed by atoms with van der Waals surface area (Å²) in [6.07, 6.45) is 9.65. The summed E-state index contributed by atoms with van der Waals surface area (Å²) in [5.41, 5.74) is 2.01. The van der Waals surface area contributed by atoms with Crippen LogP contribution in [0.5, 0.6) is 0 Å². The van der Waals surface area contributed by atoms with Crippen LogP contribution >= 0.6 is 0 Å². The molecule has 7 nitrogen and oxygen atoms in total. The van der Waals surface area contributed by atoms with E-state index in [1.165, 1.54) is 5.57 Å². The largest absolute Gasteiger partial charge is 0.386 e. The second-order valence-corrected chi connectivity index (χ2v) is 7.43. The van der Waals surface area contributed by atoms with Crippen LogP contribution in [0.3, 0.4) is 0 Å². The van der Waals surface area contributed by atoms with E-state index in [0.717, 1.165) is 25.0 Å². The van der Waals surface area contributed by atoms with E-state index in [9.17, 15) is 5.11 Å². The van der Waals surface area contributed by atoms with Gasteiger partial charge in [0, 0.05) is 12.3 Å². The molecule has 2 rings (SSSR count). The Kier molecular flexibility index (Phi) is 15.3. The predicted molar refractivity (Wildman–Crippen MR) is 111 cm³/mol. The lowest BCUT2D eigenvalue weighted by molar-refractivity contribution is -0.193. The molecular weight excluding hydrogens is 388 g/mol. The summed E-state index contributed by atoms with van der Waals surface area (Å²) in [6, 6.07) is 0. The number of hydrogen-bond donors (Lipinski definition) is 1. The van der Waals surface area contributed by atoms with Crippen LogP contribution in [-0.4, -0.2) is 47.9 Å². The van der Waals surface area contributed by atoms with Crippen molar-refractivity contribution >= 4 is 12.3 Å². The molecule has 0 saturated carbocycles. The molecule has 2 aliphatic heterocycles. The van der Waals surface area contributed by atoms with Crippen LogP contribution in [0.2, 0.25) is 0 Å². The van der Waals surface area contributed by atoms with Crippen molar-refractivity contribution in [2.24, 2.45) is 5.92 Å². The maximum Gasteiger partial charge on any atom is 0.373 e. The Morgan fingerprint density at radius 3 is 1.53 bits per heavy atom. The maximum absolute atomic E-state index is 9.64. The van der Waals surface area contributed by atoms with Gasteiger partial charge in [-0.3, -0.25) is 0 Å². The van der Waals surface area contributed by atoms with E-state index in [1.807, 2.05) is 26.8 Å². The number of aliphatic hydroxyl groups excluding tert-OH is 1. The lowest BCUT2D eigenvalue weighted by Gasteiger charge is -2.16. The molecule has 0 aliphatic carbocycles. The van der Waals surface area contributed by atoms with Gasteiger partial charge in [-0.1, -0.05) is 42.4 Å². The predicted octanol–water partition coefficient (Wildman–Crippen LogP) is 3.43. The van der Waals surface area contributed by atoms with E-state index >= 15 is 0 Å². The van der Waals surface area contributed by atoms with Gasteiger partial charge in [0.15, 0.2) is 0 Å². The Labute approximate surface area is 179 Å². The monoisotopic (exact) mass is 422 g/mol. The summed E-state index contributed by atoms with van der Waals surface area (Å²) in [6.45, 7) is 19.4. The SMILES string of the molecule is C=C(C)C[C@]1([C@H](C)/C=C/C)CO1.C=C(C)C[C@]1([C@H](O)/C=C/C)CO1.O=C=O.O=C=O. The molecule has 0 amide bonds. The van der Waals surface area contributed by atoms with Crippen LogP contribution in [0.25, 0.3) is 0 Å². The van der Waals surface area contributed by atoms with Crippen molar-refractivity contribution in [1.29, 1.82) is 0 Å². The molecule has 0 aromatic carbocycles. The standard InChI is InChI=1S/C11H18O.C10H16O2.2CO2/c1-5-6-10(4)11(8-12-11)7-9(2)3;1-4-5-9(11)10(7-12-10)6-8(2)3;2*2-1-3/h5-6,10H,2,7-8H2,1,3-4H3;4-5,9,11H,2,6-7H2,1,3H3;;/b6-5+;5-4+;;/t10-,11-;9-,10-;;/m11../s1. The third-order valence-corrected chi connectivity index (χ3v) is 4.46. The molecule has 0 aromatic heterocycles. The van der Waals surface area contributed by atoms with Gasteiger partial charge >= 0.3 is 12.3 Å². The molecule has 168 valence electrons. The molecule has 4 atom stereocenters. The van der Waals surface area contributed by atoms with Crippen molar-refractivity contribution in [2.75, 3.05) is 13.2 Å². The zero-order chi connectivity index (χ0) is 23.8. The number of rotatable bonds is 8. The van der Waals surface area contributed by atoms with E-state index < -0.39 is 6.10 Å². The quantitative estimate of drug-likeness (QED) is 0.471. The first-order chi connectivity index (χ1) is 14.0. The molecule has 2 saturated heterocycles. The van der Waals surface area contributed by atoms with Crippen LogP contribution in [0.4, 0.5) is 0 Å². The fraction of sp³-hybridized carbons (Fsp3) is 0.565. The second kappa shape index (κ2) is 15.4. The minimum atomic E-state index is -0.487. The summed E-state index contributed by atoms with van der Waals surface area (Å²) in [5.74, 6) is 0.513. The molecule has 0 spiro atoms. The minimum absolute atomic E-state index is 0.0956. The molecular formula is C23H34O7. The van der Waals surface area contributed by atoms with Crippen molar-refractivity contribution in [1.82, 2.24) is 0 Å². The molecule has 0 aromatic rings. The Balaban J connectivity index is 0. The molecule has 0 radical (unpaired) electrons. The van der Waals surface area contributed by atoms with E-state index in [4.69, 9.17) is 28.7 Å². The molecule has 7 heteroatoms. The molecule has 1 N–H and O–H groups in total. The topological polar surface area (TPSA) is 114 Å². The van der Waals surface area contributed by atoms with Crippen LogP contribution in [0, 0.1) is 5.92 Å². The van der Waals surface area contributed by atoms with Crippen molar-refractivity contribution in [3.8, 4) is 0 Å². The number of carbonyl (C=O) groups excluding carboxylic acids is 4. The second-order valence-electron chi connectivity index (χ2n) is 7.43. The zero-order valence-electron chi connectivity index (χ0n) is 18.6. The first kappa shape index (κ1) is 29.8. The van der Waals surface area contributed by atoms with Crippen molar-refractivity contribution < 1.29 is 33.8 Å². The number of aliphatic hydroxyl groups is 1. The molecule has 2 aliphatic rings. The van der Waals surface area contributed by atoms with Crippen LogP contribution in [-0.2, 0) is 28.7 Å². The normalized spacial score (nSPS) is 25.0. The van der Waals surface area contributed by atoms with Gasteiger partial charge in [0.1, 0.15) is 17.3 Å². The van der Waals surface area contributed by atoms with Gasteiger partial charge in [0.25, 0.3) is 0 Å². The van der Waals surface area contributed by atoms with Gasteiger partial charge in [-0.2, -0.15) is 19.2 Å².